The molecule has 0 saturated heterocycles. The highest BCUT2D eigenvalue weighted by atomic mass is 127. The van der Waals surface area contributed by atoms with E-state index in [1.807, 2.05) is 0 Å². The molecule has 0 amide bonds. The summed E-state index contributed by atoms with van der Waals surface area (Å²) in [6.07, 6.45) is 0. The number of halogens is 3. The Morgan fingerprint density at radius 1 is 1.00 bits per heavy atom. The van der Waals surface area contributed by atoms with E-state index in [0.717, 1.165) is 0 Å². The molecule has 0 aromatic carbocycles. The lowest BCUT2D eigenvalue weighted by molar-refractivity contribution is 5.41. The first-order valence-corrected chi connectivity index (χ1v) is 16.1. The van der Waals surface area contributed by atoms with Gasteiger partial charge in [0.15, 0.2) is 0 Å². The average molecular weight is 405 g/mol. The van der Waals surface area contributed by atoms with Crippen molar-refractivity contribution in [2.45, 2.75) is 0 Å². The molecule has 0 saturated carbocycles. The first-order valence-electron chi connectivity index (χ1n) is 0.802. The van der Waals surface area contributed by atoms with Gasteiger partial charge < -0.3 is 0 Å². The Balaban J connectivity index is 2.32. The summed E-state index contributed by atoms with van der Waals surface area (Å²) in [7, 11) is -0.488. The lowest BCUT2D eigenvalue weighted by atomic mass is 24.3. The molecule has 0 aliphatic heterocycles. The lowest BCUT2D eigenvalue weighted by Crippen LogP contribution is -1.59. The summed E-state index contributed by atoms with van der Waals surface area (Å²) < 4.78 is 0. The first-order chi connectivity index (χ1) is 1.73. The molecular weight excluding hydrogens is 405 g/mol. The quantitative estimate of drug-likeness (QED) is 0.429. The molecular formula is I3Mg. The third-order valence-electron chi connectivity index (χ3n) is 0. The molecule has 0 nitrogen and oxygen atoms in total. The highest BCUT2D eigenvalue weighted by Gasteiger charge is 2.05. The number of rotatable bonds is 0. The van der Waals surface area contributed by atoms with Crippen LogP contribution in [0.4, 0.5) is 0 Å². The van der Waals surface area contributed by atoms with Gasteiger partial charge in [-0.25, -0.2) is 56.6 Å². The maximum absolute atomic E-state index is 2.49. The summed E-state index contributed by atoms with van der Waals surface area (Å²) in [4.78, 5) is 0. The summed E-state index contributed by atoms with van der Waals surface area (Å²) in [6, 6.07) is 0. The van der Waals surface area contributed by atoms with Gasteiger partial charge in [0, 0.05) is 0 Å². The Bertz CT molecular complexity index is 8.00. The van der Waals surface area contributed by atoms with Crippen molar-refractivity contribution in [2.24, 2.45) is 0 Å². The molecule has 0 unspecified atom stereocenters. The van der Waals surface area contributed by atoms with Crippen LogP contribution in [0.5, 0.6) is 0 Å². The average Bonchev–Trinajstić information content (AvgIpc) is 0.811. The summed E-state index contributed by atoms with van der Waals surface area (Å²) in [5, 5.41) is 0. The highest BCUT2D eigenvalue weighted by molar-refractivity contribution is 14.4. The Morgan fingerprint density at radius 3 is 1.00 bits per heavy atom. The van der Waals surface area contributed by atoms with E-state index in [0.29, 0.717) is 0 Å². The zero-order valence-electron chi connectivity index (χ0n) is 1.84. The van der Waals surface area contributed by atoms with Crippen molar-refractivity contribution in [3.63, 3.8) is 0 Å². The standard InChI is InChI=1S/3HI.Mg/h3*1H;/q;;;+3/p-3. The molecule has 23 valence electrons. The third-order valence-corrected chi connectivity index (χ3v) is 0. The Kier molecular flexibility index (Phi) is 7.17. The van der Waals surface area contributed by atoms with E-state index in [1.54, 1.807) is 0 Å². The van der Waals surface area contributed by atoms with Crippen LogP contribution in [0, 0.1) is 0 Å². The van der Waals surface area contributed by atoms with Gasteiger partial charge in [-0.2, -0.15) is 0 Å². The zero-order chi connectivity index (χ0) is 3.58. The lowest BCUT2D eigenvalue weighted by Gasteiger charge is -1.55. The van der Waals surface area contributed by atoms with Gasteiger partial charge in [0.25, 0.3) is 0 Å². The first kappa shape index (κ1) is 6.96. The van der Waals surface area contributed by atoms with Gasteiger partial charge in [-0.3, -0.25) is 0 Å². The van der Waals surface area contributed by atoms with Crippen LogP contribution in [0.15, 0.2) is 0 Å². The summed E-state index contributed by atoms with van der Waals surface area (Å²) in [5.41, 5.74) is 0. The molecule has 0 aromatic rings. The van der Waals surface area contributed by atoms with E-state index in [9.17, 15) is 0 Å². The van der Waals surface area contributed by atoms with Gasteiger partial charge in [0.1, 0.15) is 0 Å². The second-order valence-electron chi connectivity index (χ2n) is 0.303. The van der Waals surface area contributed by atoms with E-state index in [2.05, 4.69) is 56.6 Å². The smallest absolute Gasteiger partial charge is 0.246 e. The van der Waals surface area contributed by atoms with Crippen molar-refractivity contribution in [2.75, 3.05) is 0 Å². The fourth-order valence-corrected chi connectivity index (χ4v) is 0. The van der Waals surface area contributed by atoms with Crippen molar-refractivity contribution >= 4 is 63.9 Å². The molecule has 0 spiro atoms. The maximum Gasteiger partial charge on any atom is 0.737 e. The van der Waals surface area contributed by atoms with Crippen molar-refractivity contribution in [1.29, 1.82) is 0 Å². The minimum Gasteiger partial charge on any atom is -0.246 e. The Hall–Kier alpha value is 2.96. The van der Waals surface area contributed by atoms with Gasteiger partial charge in [-0.1, -0.05) is 0 Å². The Morgan fingerprint density at radius 2 is 1.00 bits per heavy atom. The second-order valence-corrected chi connectivity index (χ2v) is 40.9. The largest absolute Gasteiger partial charge is 0.737 e. The summed E-state index contributed by atoms with van der Waals surface area (Å²) >= 11 is 7.48. The van der Waals surface area contributed by atoms with Crippen LogP contribution in [0.3, 0.4) is 0 Å². The number of hydrogen-bond donors (Lipinski definition) is 0. The topological polar surface area (TPSA) is 0 Å². The minimum atomic E-state index is -0.488. The van der Waals surface area contributed by atoms with Crippen LogP contribution in [0.25, 0.3) is 0 Å². The highest BCUT2D eigenvalue weighted by Crippen LogP contribution is 2.10. The second kappa shape index (κ2) is 4.12. The van der Waals surface area contributed by atoms with Crippen molar-refractivity contribution in [1.82, 2.24) is 0 Å². The van der Waals surface area contributed by atoms with Gasteiger partial charge in [-0.15, -0.1) is 0 Å². The van der Waals surface area contributed by atoms with Crippen molar-refractivity contribution in [3.8, 4) is 0 Å². The van der Waals surface area contributed by atoms with E-state index in [4.69, 9.17) is 0 Å². The predicted octanol–water partition coefficient (Wildman–Crippen LogP) is 2.28. The Labute approximate surface area is 62.0 Å². The SMILES string of the molecule is [I][Mg]([I])[I]. The van der Waals surface area contributed by atoms with Gasteiger partial charge >= 0.3 is 7.37 Å². The molecule has 0 aliphatic rings. The monoisotopic (exact) mass is 405 g/mol. The normalized spacial score (nSPS) is 9.00. The molecule has 0 N–H and O–H groups in total. The van der Waals surface area contributed by atoms with Gasteiger partial charge in [0.2, 0.25) is 0 Å². The predicted molar refractivity (Wildman–Crippen MR) is 47.8 cm³/mol. The van der Waals surface area contributed by atoms with E-state index in [-0.39, 0.29) is 0 Å². The third kappa shape index (κ3) is 8.88. The van der Waals surface area contributed by atoms with Gasteiger partial charge in [0.05, 0.1) is 0 Å². The molecule has 0 fully saturated rings. The fourth-order valence-electron chi connectivity index (χ4n) is 0. The fraction of sp³-hybridized carbons (Fsp3) is 0. The van der Waals surface area contributed by atoms with E-state index in [1.165, 1.54) is 0 Å². The van der Waals surface area contributed by atoms with Crippen LogP contribution < -0.4 is 0 Å². The molecule has 3 radical (unpaired) electrons. The van der Waals surface area contributed by atoms with Crippen LogP contribution in [0.2, 0.25) is 0 Å². The number of hydrogen-bond acceptors (Lipinski definition) is 0. The molecule has 0 bridgehead atoms. The molecule has 0 aromatic heterocycles. The van der Waals surface area contributed by atoms with Crippen molar-refractivity contribution < 1.29 is 0 Å². The van der Waals surface area contributed by atoms with E-state index < -0.39 is 7.37 Å². The van der Waals surface area contributed by atoms with Crippen LogP contribution >= 0.6 is 56.6 Å². The summed E-state index contributed by atoms with van der Waals surface area (Å²) in [6.45, 7) is 0. The summed E-state index contributed by atoms with van der Waals surface area (Å²) in [5.74, 6) is 0. The maximum atomic E-state index is 2.49. The molecule has 4 heavy (non-hydrogen) atoms. The van der Waals surface area contributed by atoms with Gasteiger partial charge in [-0.05, 0) is 0 Å². The molecule has 0 heterocycles. The molecule has 0 aliphatic carbocycles. The molecule has 4 heteroatoms. The van der Waals surface area contributed by atoms with Crippen LogP contribution in [-0.2, 0) is 0 Å². The van der Waals surface area contributed by atoms with Crippen LogP contribution in [0.1, 0.15) is 0 Å². The van der Waals surface area contributed by atoms with Crippen LogP contribution in [-0.4, -0.2) is 7.37 Å². The minimum absolute atomic E-state index is 0.488. The molecule has 0 rings (SSSR count). The van der Waals surface area contributed by atoms with E-state index >= 15 is 0 Å². The zero-order valence-corrected chi connectivity index (χ0v) is 9.73. The molecule has 0 atom stereocenters. The van der Waals surface area contributed by atoms with Crippen molar-refractivity contribution in [3.05, 3.63) is 0 Å².